The van der Waals surface area contributed by atoms with Crippen LogP contribution in [0.4, 0.5) is 5.95 Å². The Morgan fingerprint density at radius 1 is 1.17 bits per heavy atom. The quantitative estimate of drug-likeness (QED) is 0.811. The molecule has 4 rings (SSSR count). The van der Waals surface area contributed by atoms with Gasteiger partial charge in [-0.3, -0.25) is 9.59 Å². The number of morpholine rings is 1. The minimum atomic E-state index is -0.322. The average molecular weight is 410 g/mol. The number of nitrogen functional groups attached to an aromatic ring is 1. The summed E-state index contributed by atoms with van der Waals surface area (Å²) in [5, 5.41) is 0. The van der Waals surface area contributed by atoms with Crippen molar-refractivity contribution in [3.63, 3.8) is 0 Å². The third-order valence-electron chi connectivity index (χ3n) is 5.48. The highest BCUT2D eigenvalue weighted by Gasteiger charge is 2.28. The van der Waals surface area contributed by atoms with Gasteiger partial charge in [0.2, 0.25) is 17.8 Å². The van der Waals surface area contributed by atoms with E-state index in [1.807, 2.05) is 18.2 Å². The van der Waals surface area contributed by atoms with Crippen LogP contribution in [-0.4, -0.2) is 69.4 Å². The molecule has 0 saturated carbocycles. The van der Waals surface area contributed by atoms with E-state index in [4.69, 9.17) is 10.5 Å². The van der Waals surface area contributed by atoms with Crippen molar-refractivity contribution in [2.45, 2.75) is 31.8 Å². The molecule has 1 atom stereocenters. The van der Waals surface area contributed by atoms with Crippen molar-refractivity contribution in [1.29, 1.82) is 0 Å². The zero-order chi connectivity index (χ0) is 20.9. The van der Waals surface area contributed by atoms with Crippen LogP contribution in [0.5, 0.6) is 0 Å². The Morgan fingerprint density at radius 3 is 2.83 bits per heavy atom. The molecule has 2 fully saturated rings. The van der Waals surface area contributed by atoms with Gasteiger partial charge in [0.25, 0.3) is 0 Å². The summed E-state index contributed by atoms with van der Waals surface area (Å²) in [5.41, 5.74) is 7.77. The zero-order valence-corrected chi connectivity index (χ0v) is 16.9. The summed E-state index contributed by atoms with van der Waals surface area (Å²) in [4.78, 5) is 41.2. The number of ether oxygens (including phenoxy) is 1. The summed E-state index contributed by atoms with van der Waals surface area (Å²) in [6.07, 6.45) is 6.37. The number of carbonyl (C=O) groups excluding carboxylic acids is 2. The van der Waals surface area contributed by atoms with Crippen LogP contribution >= 0.6 is 0 Å². The van der Waals surface area contributed by atoms with Crippen LogP contribution in [0.1, 0.15) is 37.5 Å². The summed E-state index contributed by atoms with van der Waals surface area (Å²) in [5.74, 6) is 0.245. The summed E-state index contributed by atoms with van der Waals surface area (Å²) in [6.45, 7) is 2.16. The van der Waals surface area contributed by atoms with E-state index in [1.54, 1.807) is 22.2 Å². The van der Waals surface area contributed by atoms with Crippen LogP contribution in [0.3, 0.4) is 0 Å². The lowest BCUT2D eigenvalue weighted by Crippen LogP contribution is -2.47. The van der Waals surface area contributed by atoms with Gasteiger partial charge in [-0.15, -0.1) is 0 Å². The van der Waals surface area contributed by atoms with E-state index in [2.05, 4.69) is 15.0 Å². The molecule has 4 heterocycles. The van der Waals surface area contributed by atoms with Crippen LogP contribution in [-0.2, 0) is 14.3 Å². The molecule has 9 nitrogen and oxygen atoms in total. The Bertz CT molecular complexity index is 904. The van der Waals surface area contributed by atoms with Crippen molar-refractivity contribution >= 4 is 17.8 Å². The lowest BCUT2D eigenvalue weighted by Gasteiger charge is -2.34. The molecule has 2 N–H and O–H groups in total. The molecule has 9 heteroatoms. The Hall–Kier alpha value is -3.07. The Morgan fingerprint density at radius 2 is 2.00 bits per heavy atom. The summed E-state index contributed by atoms with van der Waals surface area (Å²) in [6, 6.07) is 5.65. The number of pyridine rings is 1. The molecule has 0 aromatic carbocycles. The largest absolute Gasteiger partial charge is 0.368 e. The van der Waals surface area contributed by atoms with Crippen LogP contribution < -0.4 is 5.73 Å². The first kappa shape index (κ1) is 20.2. The molecule has 0 aliphatic carbocycles. The molecule has 2 aromatic heterocycles. The first-order valence-corrected chi connectivity index (χ1v) is 10.3. The van der Waals surface area contributed by atoms with E-state index in [0.717, 1.165) is 36.2 Å². The Labute approximate surface area is 175 Å². The number of amides is 2. The summed E-state index contributed by atoms with van der Waals surface area (Å²) in [7, 11) is 0. The highest BCUT2D eigenvalue weighted by atomic mass is 16.5. The molecule has 0 unspecified atom stereocenters. The number of likely N-dealkylation sites (tertiary alicyclic amines) is 1. The smallest absolute Gasteiger partial charge is 0.242 e. The Balaban J connectivity index is 1.43. The number of rotatable bonds is 4. The third-order valence-corrected chi connectivity index (χ3v) is 5.48. The molecule has 2 saturated heterocycles. The van der Waals surface area contributed by atoms with Crippen LogP contribution in [0.15, 0.2) is 30.6 Å². The fraction of sp³-hybridized carbons (Fsp3) is 0.476. The molecular weight excluding hydrogens is 384 g/mol. The molecule has 158 valence electrons. The lowest BCUT2D eigenvalue weighted by molar-refractivity contribution is -0.145. The van der Waals surface area contributed by atoms with Gasteiger partial charge in [-0.2, -0.15) is 0 Å². The predicted octanol–water partition coefficient (Wildman–Crippen LogP) is 1.42. The maximum Gasteiger partial charge on any atom is 0.242 e. The van der Waals surface area contributed by atoms with E-state index in [1.165, 1.54) is 0 Å². The molecule has 30 heavy (non-hydrogen) atoms. The molecular formula is C21H26N6O3. The van der Waals surface area contributed by atoms with Gasteiger partial charge < -0.3 is 20.3 Å². The van der Waals surface area contributed by atoms with Crippen LogP contribution in [0.25, 0.3) is 11.3 Å². The number of hydrogen-bond acceptors (Lipinski definition) is 7. The van der Waals surface area contributed by atoms with Crippen molar-refractivity contribution in [3.05, 3.63) is 36.3 Å². The van der Waals surface area contributed by atoms with Crippen molar-refractivity contribution in [2.75, 3.05) is 38.5 Å². The van der Waals surface area contributed by atoms with Crippen LogP contribution in [0.2, 0.25) is 0 Å². The van der Waals surface area contributed by atoms with Gasteiger partial charge >= 0.3 is 0 Å². The fourth-order valence-electron chi connectivity index (χ4n) is 3.79. The zero-order valence-electron chi connectivity index (χ0n) is 16.9. The molecule has 2 amide bonds. The Kier molecular flexibility index (Phi) is 6.18. The van der Waals surface area contributed by atoms with Crippen molar-refractivity contribution in [1.82, 2.24) is 24.8 Å². The topological polar surface area (TPSA) is 115 Å². The third kappa shape index (κ3) is 4.73. The number of hydrogen-bond donors (Lipinski definition) is 1. The predicted molar refractivity (Wildman–Crippen MR) is 110 cm³/mol. The molecule has 0 spiro atoms. The number of aromatic nitrogens is 3. The highest BCUT2D eigenvalue weighted by molar-refractivity contribution is 5.85. The van der Waals surface area contributed by atoms with Crippen molar-refractivity contribution < 1.29 is 14.3 Å². The first-order chi connectivity index (χ1) is 14.6. The normalized spacial score (nSPS) is 20.1. The van der Waals surface area contributed by atoms with E-state index >= 15 is 0 Å². The van der Waals surface area contributed by atoms with Gasteiger partial charge in [0.05, 0.1) is 31.1 Å². The maximum absolute atomic E-state index is 12.8. The standard InChI is InChI=1S/C21H26N6O3/c22-21-23-11-15(12-24-21)16-5-4-6-17(25-16)18-13-27(9-10-30-18)20(29)14-26-8-3-1-2-7-19(26)28/h4-6,11-12,18H,1-3,7-10,13-14H2,(H2,22,23,24)/t18-/m0/s1. The van der Waals surface area contributed by atoms with Gasteiger partial charge in [-0.25, -0.2) is 15.0 Å². The van der Waals surface area contributed by atoms with E-state index in [9.17, 15) is 9.59 Å². The van der Waals surface area contributed by atoms with Crippen molar-refractivity contribution in [3.8, 4) is 11.3 Å². The van der Waals surface area contributed by atoms with E-state index in [-0.39, 0.29) is 30.4 Å². The maximum atomic E-state index is 12.8. The first-order valence-electron chi connectivity index (χ1n) is 10.3. The second-order valence-corrected chi connectivity index (χ2v) is 7.60. The van der Waals surface area contributed by atoms with Gasteiger partial charge in [-0.05, 0) is 25.0 Å². The molecule has 0 bridgehead atoms. The summed E-state index contributed by atoms with van der Waals surface area (Å²) < 4.78 is 5.90. The van der Waals surface area contributed by atoms with Gasteiger partial charge in [0.15, 0.2) is 0 Å². The van der Waals surface area contributed by atoms with Gasteiger partial charge in [0, 0.05) is 37.5 Å². The summed E-state index contributed by atoms with van der Waals surface area (Å²) >= 11 is 0. The number of anilines is 1. The fourth-order valence-corrected chi connectivity index (χ4v) is 3.79. The minimum absolute atomic E-state index is 0.0401. The van der Waals surface area contributed by atoms with Crippen LogP contribution in [0, 0.1) is 0 Å². The van der Waals surface area contributed by atoms with E-state index in [0.29, 0.717) is 32.7 Å². The molecule has 2 aromatic rings. The minimum Gasteiger partial charge on any atom is -0.368 e. The number of carbonyl (C=O) groups is 2. The SMILES string of the molecule is Nc1ncc(-c2cccc([C@@H]3CN(C(=O)CN4CCCCCC4=O)CCO3)n2)cn1. The second kappa shape index (κ2) is 9.17. The monoisotopic (exact) mass is 410 g/mol. The van der Waals surface area contributed by atoms with Gasteiger partial charge in [0.1, 0.15) is 6.10 Å². The van der Waals surface area contributed by atoms with Crippen molar-refractivity contribution in [2.24, 2.45) is 0 Å². The molecule has 0 radical (unpaired) electrons. The second-order valence-electron chi connectivity index (χ2n) is 7.60. The lowest BCUT2D eigenvalue weighted by atomic mass is 10.1. The number of nitrogens with two attached hydrogens (primary N) is 1. The highest BCUT2D eigenvalue weighted by Crippen LogP contribution is 2.24. The molecule has 2 aliphatic heterocycles. The molecule has 2 aliphatic rings. The average Bonchev–Trinajstić information content (AvgIpc) is 2.98. The van der Waals surface area contributed by atoms with E-state index < -0.39 is 0 Å². The number of nitrogens with zero attached hydrogens (tertiary/aromatic N) is 5. The van der Waals surface area contributed by atoms with Gasteiger partial charge in [-0.1, -0.05) is 12.5 Å².